The van der Waals surface area contributed by atoms with Gasteiger partial charge in [-0.05, 0) is 39.0 Å². The lowest BCUT2D eigenvalue weighted by molar-refractivity contribution is -0.149. The smallest absolute Gasteiger partial charge is 0.338 e. The normalized spacial score (nSPS) is 21.9. The summed E-state index contributed by atoms with van der Waals surface area (Å²) in [6.45, 7) is 10.1. The van der Waals surface area contributed by atoms with E-state index in [0.29, 0.717) is 17.4 Å². The van der Waals surface area contributed by atoms with Crippen molar-refractivity contribution in [2.75, 3.05) is 0 Å². The van der Waals surface area contributed by atoms with Crippen molar-refractivity contribution in [3.8, 4) is 0 Å². The van der Waals surface area contributed by atoms with Gasteiger partial charge < -0.3 is 4.74 Å². The number of esters is 1. The van der Waals surface area contributed by atoms with Crippen LogP contribution >= 0.6 is 0 Å². The minimum atomic E-state index is -0.417. The van der Waals surface area contributed by atoms with E-state index in [9.17, 15) is 4.79 Å². The first kappa shape index (κ1) is 14.0. The molecule has 0 saturated carbocycles. The van der Waals surface area contributed by atoms with E-state index in [1.54, 1.807) is 0 Å². The quantitative estimate of drug-likeness (QED) is 0.695. The van der Waals surface area contributed by atoms with Gasteiger partial charge >= 0.3 is 5.97 Å². The summed E-state index contributed by atoms with van der Waals surface area (Å²) in [7, 11) is 0. The van der Waals surface area contributed by atoms with E-state index in [-0.39, 0.29) is 5.97 Å². The molecule has 0 bridgehead atoms. The third kappa shape index (κ3) is 4.37. The lowest BCUT2D eigenvalue weighted by Gasteiger charge is -2.23. The summed E-state index contributed by atoms with van der Waals surface area (Å²) in [5.41, 5.74) is 0.277. The van der Waals surface area contributed by atoms with Gasteiger partial charge in [-0.2, -0.15) is 0 Å². The molecule has 0 heterocycles. The molecule has 2 nitrogen and oxygen atoms in total. The summed E-state index contributed by atoms with van der Waals surface area (Å²) in [6.07, 6.45) is 8.18. The molecule has 0 N–H and O–H groups in total. The lowest BCUT2D eigenvalue weighted by atomic mass is 9.85. The Morgan fingerprint density at radius 1 is 1.53 bits per heavy atom. The Bertz CT molecular complexity index is 331. The van der Waals surface area contributed by atoms with Crippen LogP contribution in [0.25, 0.3) is 0 Å². The number of rotatable bonds is 3. The summed E-state index contributed by atoms with van der Waals surface area (Å²) in [4.78, 5) is 11.8. The predicted molar refractivity (Wildman–Crippen MR) is 70.6 cm³/mol. The Kier molecular flexibility index (Phi) is 4.55. The fourth-order valence-electron chi connectivity index (χ4n) is 1.85. The zero-order valence-corrected chi connectivity index (χ0v) is 11.6. The van der Waals surface area contributed by atoms with Crippen LogP contribution in [0, 0.1) is 11.8 Å². The molecule has 96 valence electrons. The molecule has 17 heavy (non-hydrogen) atoms. The summed E-state index contributed by atoms with van der Waals surface area (Å²) in [6, 6.07) is 0. The highest BCUT2D eigenvalue weighted by Crippen LogP contribution is 2.26. The average Bonchev–Trinajstić information content (AvgIpc) is 2.26. The molecule has 0 aromatic heterocycles. The molecule has 0 radical (unpaired) electrons. The van der Waals surface area contributed by atoms with Crippen LogP contribution in [-0.2, 0) is 9.53 Å². The average molecular weight is 236 g/mol. The van der Waals surface area contributed by atoms with E-state index in [4.69, 9.17) is 4.74 Å². The van der Waals surface area contributed by atoms with Gasteiger partial charge in [0.25, 0.3) is 0 Å². The van der Waals surface area contributed by atoms with Crippen molar-refractivity contribution in [2.45, 2.75) is 53.1 Å². The molecule has 0 spiro atoms. The van der Waals surface area contributed by atoms with Crippen molar-refractivity contribution < 1.29 is 9.53 Å². The Labute approximate surface area is 105 Å². The van der Waals surface area contributed by atoms with E-state index >= 15 is 0 Å². The Hall–Kier alpha value is -1.05. The van der Waals surface area contributed by atoms with Gasteiger partial charge in [0, 0.05) is 0 Å². The SMILES string of the molecule is CCC(C)C1C=CC(C(=O)OC(C)(C)C)=CC1. The molecule has 0 aromatic carbocycles. The van der Waals surface area contributed by atoms with Crippen molar-refractivity contribution in [1.29, 1.82) is 0 Å². The largest absolute Gasteiger partial charge is 0.456 e. The number of allylic oxidation sites excluding steroid dienone is 2. The standard InChI is InChI=1S/C15H24O2/c1-6-11(2)12-7-9-13(10-8-12)14(16)17-15(3,4)5/h7,9-12H,6,8H2,1-5H3. The Morgan fingerprint density at radius 2 is 2.18 bits per heavy atom. The minimum absolute atomic E-state index is 0.212. The first-order valence-corrected chi connectivity index (χ1v) is 6.45. The van der Waals surface area contributed by atoms with E-state index in [1.807, 2.05) is 32.9 Å². The molecule has 0 aromatic rings. The van der Waals surface area contributed by atoms with Gasteiger partial charge in [0.2, 0.25) is 0 Å². The van der Waals surface area contributed by atoms with E-state index < -0.39 is 5.60 Å². The highest BCUT2D eigenvalue weighted by molar-refractivity contribution is 5.92. The van der Waals surface area contributed by atoms with Gasteiger partial charge in [-0.25, -0.2) is 4.79 Å². The topological polar surface area (TPSA) is 26.3 Å². The molecule has 1 aliphatic rings. The van der Waals surface area contributed by atoms with Gasteiger partial charge in [-0.15, -0.1) is 0 Å². The first-order chi connectivity index (χ1) is 7.83. The van der Waals surface area contributed by atoms with Crippen molar-refractivity contribution in [1.82, 2.24) is 0 Å². The third-order valence-electron chi connectivity index (χ3n) is 3.14. The second-order valence-corrected chi connectivity index (χ2v) is 5.81. The highest BCUT2D eigenvalue weighted by Gasteiger charge is 2.21. The molecule has 0 fully saturated rings. The molecular formula is C15H24O2. The summed E-state index contributed by atoms with van der Waals surface area (Å²) in [5, 5.41) is 0. The molecule has 2 unspecified atom stereocenters. The summed E-state index contributed by atoms with van der Waals surface area (Å²) < 4.78 is 5.34. The molecule has 0 aliphatic heterocycles. The fraction of sp³-hybridized carbons (Fsp3) is 0.667. The van der Waals surface area contributed by atoms with E-state index in [2.05, 4.69) is 19.9 Å². The number of carbonyl (C=O) groups is 1. The number of hydrogen-bond donors (Lipinski definition) is 0. The van der Waals surface area contributed by atoms with E-state index in [0.717, 1.165) is 6.42 Å². The van der Waals surface area contributed by atoms with Crippen LogP contribution in [0.15, 0.2) is 23.8 Å². The zero-order chi connectivity index (χ0) is 13.1. The van der Waals surface area contributed by atoms with Crippen LogP contribution in [0.1, 0.15) is 47.5 Å². The summed E-state index contributed by atoms with van der Waals surface area (Å²) >= 11 is 0. The molecule has 1 aliphatic carbocycles. The van der Waals surface area contributed by atoms with Crippen LogP contribution < -0.4 is 0 Å². The van der Waals surface area contributed by atoms with Gasteiger partial charge in [-0.1, -0.05) is 38.5 Å². The Morgan fingerprint density at radius 3 is 2.59 bits per heavy atom. The maximum absolute atomic E-state index is 11.8. The molecular weight excluding hydrogens is 212 g/mol. The van der Waals surface area contributed by atoms with Gasteiger partial charge in [0.1, 0.15) is 5.60 Å². The molecule has 2 heteroatoms. The molecule has 0 amide bonds. The monoisotopic (exact) mass is 236 g/mol. The molecule has 2 atom stereocenters. The van der Waals surface area contributed by atoms with Crippen LogP contribution in [0.3, 0.4) is 0 Å². The van der Waals surface area contributed by atoms with Gasteiger partial charge in [0.05, 0.1) is 5.57 Å². The Balaban J connectivity index is 2.58. The highest BCUT2D eigenvalue weighted by atomic mass is 16.6. The number of ether oxygens (including phenoxy) is 1. The molecule has 0 saturated heterocycles. The second-order valence-electron chi connectivity index (χ2n) is 5.81. The van der Waals surface area contributed by atoms with Crippen molar-refractivity contribution in [3.05, 3.63) is 23.8 Å². The predicted octanol–water partition coefficient (Wildman–Crippen LogP) is 3.88. The number of hydrogen-bond acceptors (Lipinski definition) is 2. The minimum Gasteiger partial charge on any atom is -0.456 e. The number of carbonyl (C=O) groups excluding carboxylic acids is 1. The lowest BCUT2D eigenvalue weighted by Crippen LogP contribution is -2.25. The van der Waals surface area contributed by atoms with Crippen LogP contribution in [0.5, 0.6) is 0 Å². The van der Waals surface area contributed by atoms with Gasteiger partial charge in [-0.3, -0.25) is 0 Å². The van der Waals surface area contributed by atoms with Crippen molar-refractivity contribution >= 4 is 5.97 Å². The second kappa shape index (κ2) is 5.52. The maximum Gasteiger partial charge on any atom is 0.338 e. The van der Waals surface area contributed by atoms with Crippen LogP contribution in [-0.4, -0.2) is 11.6 Å². The zero-order valence-electron chi connectivity index (χ0n) is 11.6. The third-order valence-corrected chi connectivity index (χ3v) is 3.14. The van der Waals surface area contributed by atoms with Crippen LogP contribution in [0.2, 0.25) is 0 Å². The molecule has 1 rings (SSSR count). The van der Waals surface area contributed by atoms with Crippen molar-refractivity contribution in [2.24, 2.45) is 11.8 Å². The van der Waals surface area contributed by atoms with Gasteiger partial charge in [0.15, 0.2) is 0 Å². The fourth-order valence-corrected chi connectivity index (χ4v) is 1.85. The van der Waals surface area contributed by atoms with E-state index in [1.165, 1.54) is 6.42 Å². The van der Waals surface area contributed by atoms with Crippen molar-refractivity contribution in [3.63, 3.8) is 0 Å². The first-order valence-electron chi connectivity index (χ1n) is 6.45. The summed E-state index contributed by atoms with van der Waals surface area (Å²) in [5.74, 6) is 1.02. The van der Waals surface area contributed by atoms with Crippen LogP contribution in [0.4, 0.5) is 0 Å². The maximum atomic E-state index is 11.8.